The summed E-state index contributed by atoms with van der Waals surface area (Å²) >= 11 is 0. The van der Waals surface area contributed by atoms with E-state index in [1.165, 1.54) is 34.4 Å². The number of nitrogens with zero attached hydrogens (tertiary/aromatic N) is 2. The molecule has 0 saturated carbocycles. The Kier molecular flexibility index (Phi) is 22.0. The van der Waals surface area contributed by atoms with Gasteiger partial charge in [0, 0.05) is 31.7 Å². The zero-order chi connectivity index (χ0) is 41.0. The number of hydrogen-bond acceptors (Lipinski definition) is 15. The van der Waals surface area contributed by atoms with Gasteiger partial charge in [-0.25, -0.2) is 4.79 Å². The Morgan fingerprint density at radius 2 is 1.00 bits per heavy atom. The van der Waals surface area contributed by atoms with Gasteiger partial charge in [0.1, 0.15) is 12.3 Å². The summed E-state index contributed by atoms with van der Waals surface area (Å²) in [6, 6.07) is 19.9. The Bertz CT molecular complexity index is 1620. The van der Waals surface area contributed by atoms with Gasteiger partial charge in [-0.15, -0.1) is 0 Å². The summed E-state index contributed by atoms with van der Waals surface area (Å²) in [6.45, 7) is 7.77. The summed E-state index contributed by atoms with van der Waals surface area (Å²) < 4.78 is 49.4. The van der Waals surface area contributed by atoms with Crippen LogP contribution in [0.3, 0.4) is 0 Å². The maximum atomic E-state index is 12.3. The molecule has 1 amide bonds. The Balaban J connectivity index is 0.814. The summed E-state index contributed by atoms with van der Waals surface area (Å²) in [5.41, 5.74) is 4.22. The first-order chi connectivity index (χ1) is 28.5. The number of benzene rings is 3. The molecule has 18 nitrogen and oxygen atoms in total. The molecule has 58 heavy (non-hydrogen) atoms. The predicted octanol–water partition coefficient (Wildman–Crippen LogP) is 4.98. The predicted molar refractivity (Wildman–Crippen MR) is 212 cm³/mol. The van der Waals surface area contributed by atoms with E-state index in [4.69, 9.17) is 42.6 Å². The Morgan fingerprint density at radius 1 is 0.552 bits per heavy atom. The molecule has 0 fully saturated rings. The molecule has 0 atom stereocenters. The molecular weight excluding hydrogens is 760 g/mol. The molecule has 3 aromatic carbocycles. The van der Waals surface area contributed by atoms with Crippen molar-refractivity contribution < 1.29 is 57.3 Å². The average molecular weight is 815 g/mol. The molecular formula is C40H54N4O14. The highest BCUT2D eigenvalue weighted by Gasteiger charge is 2.29. The van der Waals surface area contributed by atoms with E-state index in [0.29, 0.717) is 119 Å². The lowest BCUT2D eigenvalue weighted by molar-refractivity contribution is -0.393. The van der Waals surface area contributed by atoms with Gasteiger partial charge in [-0.2, -0.15) is 0 Å². The molecule has 0 aromatic heterocycles. The minimum atomic E-state index is -0.682. The van der Waals surface area contributed by atoms with Crippen molar-refractivity contribution in [1.82, 2.24) is 5.32 Å². The number of rotatable bonds is 33. The number of hydrogen-bond donors (Lipinski definition) is 2. The van der Waals surface area contributed by atoms with Crippen LogP contribution in [0.2, 0.25) is 0 Å². The molecule has 4 rings (SSSR count). The molecule has 3 aromatic rings. The van der Waals surface area contributed by atoms with Gasteiger partial charge >= 0.3 is 6.09 Å². The summed E-state index contributed by atoms with van der Waals surface area (Å²) in [7, 11) is 0. The van der Waals surface area contributed by atoms with E-state index in [1.54, 1.807) is 0 Å². The van der Waals surface area contributed by atoms with E-state index in [0.717, 1.165) is 6.07 Å². The first-order valence-corrected chi connectivity index (χ1v) is 19.3. The van der Waals surface area contributed by atoms with E-state index in [-0.39, 0.29) is 36.1 Å². The number of nitrogens with one attached hydrogen (secondary N) is 2. The lowest BCUT2D eigenvalue weighted by atomic mass is 9.98. The highest BCUT2D eigenvalue weighted by atomic mass is 16.6. The van der Waals surface area contributed by atoms with Gasteiger partial charge in [-0.3, -0.25) is 20.2 Å². The van der Waals surface area contributed by atoms with Crippen LogP contribution in [0, 0.1) is 20.2 Å². The molecule has 0 bridgehead atoms. The average Bonchev–Trinajstić information content (AvgIpc) is 3.55. The number of carbonyl (C=O) groups excluding carboxylic acids is 1. The van der Waals surface area contributed by atoms with Crippen LogP contribution in [0.15, 0.2) is 66.7 Å². The van der Waals surface area contributed by atoms with Crippen molar-refractivity contribution in [3.8, 4) is 11.1 Å². The fourth-order valence-corrected chi connectivity index (χ4v) is 5.85. The van der Waals surface area contributed by atoms with E-state index in [2.05, 4.69) is 34.9 Å². The molecule has 0 radical (unpaired) electrons. The van der Waals surface area contributed by atoms with Crippen LogP contribution in [0.4, 0.5) is 21.9 Å². The monoisotopic (exact) mass is 814 g/mol. The first-order valence-electron chi connectivity index (χ1n) is 19.3. The van der Waals surface area contributed by atoms with E-state index in [1.807, 2.05) is 24.3 Å². The van der Waals surface area contributed by atoms with Gasteiger partial charge < -0.3 is 53.3 Å². The van der Waals surface area contributed by atoms with Crippen molar-refractivity contribution in [3.63, 3.8) is 0 Å². The molecule has 318 valence electrons. The summed E-state index contributed by atoms with van der Waals surface area (Å²) in [5, 5.41) is 27.6. The number of nitro benzene ring substituents is 2. The first kappa shape index (κ1) is 45.9. The second-order valence-electron chi connectivity index (χ2n) is 12.6. The summed E-state index contributed by atoms with van der Waals surface area (Å²) in [5.74, 6) is 0.0360. The van der Waals surface area contributed by atoms with Crippen LogP contribution in [0.5, 0.6) is 0 Å². The molecule has 0 heterocycles. The number of ether oxygens (including phenoxy) is 9. The number of carbonyl (C=O) groups is 1. The Labute approximate surface area is 337 Å². The molecule has 1 aliphatic carbocycles. The zero-order valence-electron chi connectivity index (χ0n) is 32.7. The van der Waals surface area contributed by atoms with E-state index < -0.39 is 15.9 Å². The van der Waals surface area contributed by atoms with Crippen LogP contribution in [-0.4, -0.2) is 141 Å². The van der Waals surface area contributed by atoms with Crippen LogP contribution in [0.1, 0.15) is 23.5 Å². The number of amides is 1. The van der Waals surface area contributed by atoms with Crippen LogP contribution < -0.4 is 10.6 Å². The number of anilines is 1. The minimum absolute atomic E-state index is 0.0360. The third-order valence-corrected chi connectivity index (χ3v) is 8.63. The van der Waals surface area contributed by atoms with Gasteiger partial charge in [0.05, 0.1) is 115 Å². The lowest BCUT2D eigenvalue weighted by Crippen LogP contribution is -2.27. The molecule has 0 aliphatic heterocycles. The topological polar surface area (TPSA) is 210 Å². The lowest BCUT2D eigenvalue weighted by Gasteiger charge is -2.14. The largest absolute Gasteiger partial charge is 0.449 e. The van der Waals surface area contributed by atoms with Crippen molar-refractivity contribution in [2.75, 3.05) is 131 Å². The van der Waals surface area contributed by atoms with Crippen molar-refractivity contribution in [2.24, 2.45) is 0 Å². The summed E-state index contributed by atoms with van der Waals surface area (Å²) in [6.07, 6.45) is 0.236. The smallest absolute Gasteiger partial charge is 0.407 e. The fourth-order valence-electron chi connectivity index (χ4n) is 5.85. The molecule has 0 unspecified atom stereocenters. The second-order valence-corrected chi connectivity index (χ2v) is 12.6. The van der Waals surface area contributed by atoms with Gasteiger partial charge in [0.2, 0.25) is 0 Å². The number of alkyl carbamates (subject to hydrolysis) is 1. The van der Waals surface area contributed by atoms with Gasteiger partial charge in [-0.05, 0) is 34.7 Å². The summed E-state index contributed by atoms with van der Waals surface area (Å²) in [4.78, 5) is 32.9. The van der Waals surface area contributed by atoms with Crippen molar-refractivity contribution in [3.05, 3.63) is 98.1 Å². The third-order valence-electron chi connectivity index (χ3n) is 8.63. The van der Waals surface area contributed by atoms with Gasteiger partial charge in [-0.1, -0.05) is 48.5 Å². The normalized spacial score (nSPS) is 11.9. The van der Waals surface area contributed by atoms with Gasteiger partial charge in [0.25, 0.3) is 11.4 Å². The minimum Gasteiger partial charge on any atom is -0.449 e. The Morgan fingerprint density at radius 3 is 1.47 bits per heavy atom. The van der Waals surface area contributed by atoms with E-state index >= 15 is 0 Å². The highest BCUT2D eigenvalue weighted by molar-refractivity contribution is 5.79. The number of non-ortho nitro benzene ring substituents is 1. The SMILES string of the molecule is O=C(NCCCOCCOCCOCCOCCOCCOCCOCCOCCNc1ccc([N+](=O)[O-])cc1[N+](=O)[O-])OCC1c2ccccc2-c2ccccc21. The Hall–Kier alpha value is -4.79. The van der Waals surface area contributed by atoms with Crippen molar-refractivity contribution >= 4 is 23.2 Å². The standard InChI is InChI=1S/C40H54N4O14/c45-40(58-31-37-35-8-3-1-6-33(35)34-7-2-4-9-36(34)37)42-12-5-14-50-16-18-52-20-22-54-24-26-56-28-29-57-27-25-55-23-21-53-19-17-51-15-13-41-38-11-10-32(43(46)47)30-39(38)44(48)49/h1-4,6-11,30,37,41H,5,12-29,31H2,(H,42,45). The highest BCUT2D eigenvalue weighted by Crippen LogP contribution is 2.44. The van der Waals surface area contributed by atoms with Crippen molar-refractivity contribution in [2.45, 2.75) is 12.3 Å². The van der Waals surface area contributed by atoms with Crippen LogP contribution >= 0.6 is 0 Å². The van der Waals surface area contributed by atoms with Crippen LogP contribution in [-0.2, 0) is 42.6 Å². The van der Waals surface area contributed by atoms with Gasteiger partial charge in [0.15, 0.2) is 0 Å². The molecule has 0 saturated heterocycles. The number of nitro groups is 2. The second kappa shape index (κ2) is 27.8. The van der Waals surface area contributed by atoms with E-state index in [9.17, 15) is 25.0 Å². The maximum absolute atomic E-state index is 12.3. The maximum Gasteiger partial charge on any atom is 0.407 e. The molecule has 0 spiro atoms. The fraction of sp³-hybridized carbons (Fsp3) is 0.525. The molecule has 2 N–H and O–H groups in total. The quantitative estimate of drug-likeness (QED) is 0.0472. The molecule has 1 aliphatic rings. The molecule has 18 heteroatoms. The van der Waals surface area contributed by atoms with Crippen LogP contribution in [0.25, 0.3) is 11.1 Å². The van der Waals surface area contributed by atoms with Crippen molar-refractivity contribution in [1.29, 1.82) is 0 Å². The third kappa shape index (κ3) is 17.0. The number of fused-ring (bicyclic) bond motifs is 3. The zero-order valence-corrected chi connectivity index (χ0v) is 32.7.